The maximum absolute atomic E-state index is 10.3. The third-order valence-electron chi connectivity index (χ3n) is 4.02. The third kappa shape index (κ3) is 6.70. The number of aliphatic hydroxyl groups excluding tert-OH is 1. The van der Waals surface area contributed by atoms with Crippen LogP contribution in [0.15, 0.2) is 48.2 Å². The SMILES string of the molecule is CCOC(=O)CC(=N)O.CN1/C(=C\C=C\C=N)C(C)(C)c2ccccc21.[Mn]. The zero-order valence-corrected chi connectivity index (χ0v) is 17.3. The Bertz CT molecular complexity index is 727. The van der Waals surface area contributed by atoms with Crippen molar-refractivity contribution in [2.24, 2.45) is 0 Å². The van der Waals surface area contributed by atoms with E-state index in [2.05, 4.69) is 60.9 Å². The molecule has 0 atom stereocenters. The summed E-state index contributed by atoms with van der Waals surface area (Å²) in [7, 11) is 2.09. The molecular formula is C20H27MnN3O3. The first-order valence-corrected chi connectivity index (χ1v) is 8.38. The minimum absolute atomic E-state index is 0. The molecular weight excluding hydrogens is 385 g/mol. The van der Waals surface area contributed by atoms with Crippen LogP contribution in [-0.4, -0.2) is 36.8 Å². The van der Waals surface area contributed by atoms with Crippen molar-refractivity contribution in [3.63, 3.8) is 0 Å². The van der Waals surface area contributed by atoms with E-state index in [9.17, 15) is 4.79 Å². The fourth-order valence-electron chi connectivity index (χ4n) is 2.85. The smallest absolute Gasteiger partial charge is 0.315 e. The predicted octanol–water partition coefficient (Wildman–Crippen LogP) is 3.98. The van der Waals surface area contributed by atoms with Gasteiger partial charge in [-0.1, -0.05) is 38.1 Å². The summed E-state index contributed by atoms with van der Waals surface area (Å²) in [5.74, 6) is -1.22. The van der Waals surface area contributed by atoms with Crippen LogP contribution in [0, 0.1) is 10.8 Å². The number of hydrogen-bond donors (Lipinski definition) is 3. The Kier molecular flexibility index (Phi) is 10.4. The molecule has 0 aliphatic carbocycles. The molecule has 1 heterocycles. The fraction of sp³-hybridized carbons (Fsp3) is 0.350. The predicted molar refractivity (Wildman–Crippen MR) is 105 cm³/mol. The van der Waals surface area contributed by atoms with Gasteiger partial charge in [0.15, 0.2) is 5.90 Å². The summed E-state index contributed by atoms with van der Waals surface area (Å²) in [4.78, 5) is 12.6. The van der Waals surface area contributed by atoms with Crippen molar-refractivity contribution in [2.45, 2.75) is 32.6 Å². The summed E-state index contributed by atoms with van der Waals surface area (Å²) in [5.41, 5.74) is 3.92. The van der Waals surface area contributed by atoms with Crippen LogP contribution in [0.3, 0.4) is 0 Å². The Morgan fingerprint density at radius 3 is 2.44 bits per heavy atom. The van der Waals surface area contributed by atoms with Gasteiger partial charge >= 0.3 is 5.97 Å². The number of fused-ring (bicyclic) bond motifs is 1. The molecule has 1 radical (unpaired) electrons. The number of likely N-dealkylation sites (N-methyl/N-ethyl adjacent to an activating group) is 1. The van der Waals surface area contributed by atoms with Crippen LogP contribution in [0.25, 0.3) is 0 Å². The van der Waals surface area contributed by atoms with Gasteiger partial charge in [0.25, 0.3) is 0 Å². The number of anilines is 1. The first kappa shape index (κ1) is 24.6. The van der Waals surface area contributed by atoms with E-state index in [0.29, 0.717) is 0 Å². The average Bonchev–Trinajstić information content (AvgIpc) is 2.76. The second kappa shape index (κ2) is 11.4. The molecule has 0 bridgehead atoms. The molecule has 147 valence electrons. The minimum Gasteiger partial charge on any atom is -0.496 e. The van der Waals surface area contributed by atoms with Gasteiger partial charge in [-0.25, -0.2) is 0 Å². The molecule has 1 aromatic rings. The Labute approximate surface area is 171 Å². The topological polar surface area (TPSA) is 97.5 Å². The molecule has 0 fully saturated rings. The standard InChI is InChI=1S/C15H18N2.C5H9NO3.Mn/c1-15(2)12-8-4-5-9-13(12)17(3)14(15)10-6-7-11-16;1-2-9-5(8)3-4(6)7;/h4-11,16H,1-3H3;2-3H2,1H3,(H2,6,7);/b7-6+,14-10-,16-11?;;. The van der Waals surface area contributed by atoms with Gasteiger partial charge in [-0.05, 0) is 30.7 Å². The van der Waals surface area contributed by atoms with Crippen molar-refractivity contribution in [3.05, 3.63) is 53.8 Å². The normalized spacial score (nSPS) is 15.4. The van der Waals surface area contributed by atoms with Gasteiger partial charge < -0.3 is 20.2 Å². The van der Waals surface area contributed by atoms with Crippen LogP contribution >= 0.6 is 0 Å². The summed E-state index contributed by atoms with van der Waals surface area (Å²) in [6.07, 6.45) is 6.72. The van der Waals surface area contributed by atoms with Gasteiger partial charge in [-0.15, -0.1) is 0 Å². The Hall–Kier alpha value is -2.37. The number of nitrogens with zero attached hydrogens (tertiary/aromatic N) is 1. The Morgan fingerprint density at radius 1 is 1.30 bits per heavy atom. The second-order valence-corrected chi connectivity index (χ2v) is 6.23. The van der Waals surface area contributed by atoms with Crippen molar-refractivity contribution >= 4 is 23.8 Å². The van der Waals surface area contributed by atoms with Gasteiger partial charge in [-0.2, -0.15) is 0 Å². The van der Waals surface area contributed by atoms with Gasteiger partial charge in [-0.3, -0.25) is 10.2 Å². The van der Waals surface area contributed by atoms with Crippen LogP contribution in [0.4, 0.5) is 5.69 Å². The summed E-state index contributed by atoms with van der Waals surface area (Å²) >= 11 is 0. The molecule has 0 amide bonds. The Balaban J connectivity index is 0.000000584. The van der Waals surface area contributed by atoms with Crippen LogP contribution in [0.5, 0.6) is 0 Å². The van der Waals surface area contributed by atoms with Gasteiger partial charge in [0.05, 0.1) is 6.61 Å². The van der Waals surface area contributed by atoms with E-state index in [1.165, 1.54) is 23.2 Å². The zero-order valence-electron chi connectivity index (χ0n) is 16.1. The van der Waals surface area contributed by atoms with Crippen molar-refractivity contribution < 1.29 is 31.7 Å². The molecule has 0 saturated heterocycles. The number of carbonyl (C=O) groups excluding carboxylic acids is 1. The minimum atomic E-state index is -0.659. The Morgan fingerprint density at radius 2 is 1.93 bits per heavy atom. The first-order valence-electron chi connectivity index (χ1n) is 8.38. The number of para-hydroxylation sites is 1. The fourth-order valence-corrected chi connectivity index (χ4v) is 2.85. The molecule has 2 rings (SSSR count). The number of rotatable bonds is 5. The van der Waals surface area contributed by atoms with E-state index in [1.54, 1.807) is 13.0 Å². The number of carbonyl (C=O) groups is 1. The molecule has 27 heavy (non-hydrogen) atoms. The van der Waals surface area contributed by atoms with Gasteiger partial charge in [0, 0.05) is 47.1 Å². The molecule has 1 aliphatic heterocycles. The number of benzene rings is 1. The molecule has 3 N–H and O–H groups in total. The molecule has 6 nitrogen and oxygen atoms in total. The second-order valence-electron chi connectivity index (χ2n) is 6.23. The quantitative estimate of drug-likeness (QED) is 0.295. The number of esters is 1. The van der Waals surface area contributed by atoms with Crippen molar-refractivity contribution in [1.29, 1.82) is 10.8 Å². The van der Waals surface area contributed by atoms with Crippen molar-refractivity contribution in [2.75, 3.05) is 18.6 Å². The molecule has 0 aromatic heterocycles. The molecule has 7 heteroatoms. The summed E-state index contributed by atoms with van der Waals surface area (Å²) in [6, 6.07) is 8.50. The maximum Gasteiger partial charge on any atom is 0.315 e. The van der Waals surface area contributed by atoms with Crippen LogP contribution < -0.4 is 4.90 Å². The van der Waals surface area contributed by atoms with Crippen molar-refractivity contribution in [3.8, 4) is 0 Å². The van der Waals surface area contributed by atoms with Gasteiger partial charge in [0.2, 0.25) is 0 Å². The largest absolute Gasteiger partial charge is 0.496 e. The monoisotopic (exact) mass is 412 g/mol. The average molecular weight is 412 g/mol. The van der Waals surface area contributed by atoms with Crippen LogP contribution in [0.1, 0.15) is 32.8 Å². The number of ether oxygens (including phenoxy) is 1. The molecule has 0 spiro atoms. The van der Waals surface area contributed by atoms with E-state index < -0.39 is 11.9 Å². The summed E-state index contributed by atoms with van der Waals surface area (Å²) in [6.45, 7) is 6.42. The first-order chi connectivity index (χ1) is 12.3. The molecule has 1 aliphatic rings. The van der Waals surface area contributed by atoms with E-state index in [4.69, 9.17) is 15.9 Å². The maximum atomic E-state index is 10.3. The van der Waals surface area contributed by atoms with Crippen molar-refractivity contribution in [1.82, 2.24) is 0 Å². The molecule has 1 aromatic carbocycles. The number of allylic oxidation sites excluding steroid dienone is 4. The van der Waals surface area contributed by atoms with E-state index in [0.717, 1.165) is 0 Å². The molecule has 0 unspecified atom stereocenters. The summed E-state index contributed by atoms with van der Waals surface area (Å²) in [5, 5.41) is 21.7. The third-order valence-corrected chi connectivity index (χ3v) is 4.02. The molecule has 0 saturated carbocycles. The summed E-state index contributed by atoms with van der Waals surface area (Å²) < 4.78 is 4.41. The number of aliphatic hydroxyl groups is 1. The van der Waals surface area contributed by atoms with E-state index in [1.807, 2.05) is 6.08 Å². The number of nitrogens with one attached hydrogen (secondary N) is 2. The van der Waals surface area contributed by atoms with E-state index in [-0.39, 0.29) is 35.5 Å². The van der Waals surface area contributed by atoms with Crippen LogP contribution in [-0.2, 0) is 32.0 Å². The van der Waals surface area contributed by atoms with E-state index >= 15 is 0 Å². The van der Waals surface area contributed by atoms with Gasteiger partial charge in [0.1, 0.15) is 6.42 Å². The zero-order chi connectivity index (χ0) is 19.7. The number of hydrogen-bond acceptors (Lipinski definition) is 5. The van der Waals surface area contributed by atoms with Crippen LogP contribution in [0.2, 0.25) is 0 Å².